The van der Waals surface area contributed by atoms with Crippen molar-refractivity contribution in [2.45, 2.75) is 25.2 Å². The van der Waals surface area contributed by atoms with Crippen molar-refractivity contribution in [3.8, 4) is 0 Å². The van der Waals surface area contributed by atoms with Gasteiger partial charge in [0, 0.05) is 13.1 Å². The molecular formula is C14H23N3O2S. The quantitative estimate of drug-likeness (QED) is 0.832. The van der Waals surface area contributed by atoms with Gasteiger partial charge in [-0.2, -0.15) is 0 Å². The van der Waals surface area contributed by atoms with E-state index in [9.17, 15) is 8.42 Å². The summed E-state index contributed by atoms with van der Waals surface area (Å²) in [6.45, 7) is 6.40. The number of rotatable bonds is 3. The highest BCUT2D eigenvalue weighted by Gasteiger charge is 2.24. The fourth-order valence-corrected chi connectivity index (χ4v) is 3.73. The third-order valence-electron chi connectivity index (χ3n) is 3.79. The van der Waals surface area contributed by atoms with Crippen molar-refractivity contribution in [1.29, 1.82) is 0 Å². The number of anilines is 2. The van der Waals surface area contributed by atoms with Crippen molar-refractivity contribution in [1.82, 2.24) is 4.72 Å². The Morgan fingerprint density at radius 1 is 1.25 bits per heavy atom. The van der Waals surface area contributed by atoms with E-state index in [2.05, 4.69) is 23.5 Å². The first kappa shape index (κ1) is 15.1. The Kier molecular flexibility index (Phi) is 4.25. The van der Waals surface area contributed by atoms with Gasteiger partial charge >= 0.3 is 0 Å². The summed E-state index contributed by atoms with van der Waals surface area (Å²) in [5.41, 5.74) is 7.51. The Morgan fingerprint density at radius 2 is 1.85 bits per heavy atom. The van der Waals surface area contributed by atoms with Crippen LogP contribution in [0.5, 0.6) is 0 Å². The Hall–Kier alpha value is -1.27. The summed E-state index contributed by atoms with van der Waals surface area (Å²) in [5.74, 6) is 1.25. The molecule has 0 amide bonds. The molecule has 1 fully saturated rings. The van der Waals surface area contributed by atoms with E-state index in [1.54, 1.807) is 6.07 Å². The van der Waals surface area contributed by atoms with Crippen LogP contribution in [0.2, 0.25) is 0 Å². The molecule has 5 nitrogen and oxygen atoms in total. The topological polar surface area (TPSA) is 75.4 Å². The van der Waals surface area contributed by atoms with Gasteiger partial charge in [0.2, 0.25) is 10.0 Å². The second kappa shape index (κ2) is 5.61. The highest BCUT2D eigenvalue weighted by molar-refractivity contribution is 7.89. The van der Waals surface area contributed by atoms with E-state index in [4.69, 9.17) is 5.73 Å². The number of hydrogen-bond donors (Lipinski definition) is 2. The van der Waals surface area contributed by atoms with Crippen LogP contribution >= 0.6 is 0 Å². The SMILES string of the molecule is CNS(=O)(=O)c1ccc(N2CC(C)CC(C)C2)c(N)c1. The van der Waals surface area contributed by atoms with Crippen LogP contribution in [0.4, 0.5) is 11.4 Å². The molecule has 0 bridgehead atoms. The van der Waals surface area contributed by atoms with Gasteiger partial charge in [-0.3, -0.25) is 0 Å². The maximum Gasteiger partial charge on any atom is 0.240 e. The van der Waals surface area contributed by atoms with Gasteiger partial charge in [-0.1, -0.05) is 13.8 Å². The van der Waals surface area contributed by atoms with E-state index >= 15 is 0 Å². The minimum Gasteiger partial charge on any atom is -0.397 e. The Balaban J connectivity index is 2.30. The number of sulfonamides is 1. The summed E-state index contributed by atoms with van der Waals surface area (Å²) in [7, 11) is -2.04. The van der Waals surface area contributed by atoms with Crippen molar-refractivity contribution in [2.75, 3.05) is 30.8 Å². The standard InChI is InChI=1S/C14H23N3O2S/c1-10-6-11(2)9-17(8-10)14-5-4-12(7-13(14)15)20(18,19)16-3/h4-5,7,10-11,16H,6,8-9,15H2,1-3H3. The molecule has 2 rings (SSSR count). The third-order valence-corrected chi connectivity index (χ3v) is 5.20. The lowest BCUT2D eigenvalue weighted by molar-refractivity contribution is 0.357. The molecule has 112 valence electrons. The van der Waals surface area contributed by atoms with Crippen molar-refractivity contribution >= 4 is 21.4 Å². The van der Waals surface area contributed by atoms with Crippen LogP contribution in [0.1, 0.15) is 20.3 Å². The van der Waals surface area contributed by atoms with Crippen LogP contribution in [-0.4, -0.2) is 28.6 Å². The lowest BCUT2D eigenvalue weighted by Gasteiger charge is -2.37. The third kappa shape index (κ3) is 3.07. The number of nitrogens with two attached hydrogens (primary N) is 1. The Labute approximate surface area is 121 Å². The first-order chi connectivity index (χ1) is 9.33. The van der Waals surface area contributed by atoms with Crippen molar-refractivity contribution in [3.05, 3.63) is 18.2 Å². The molecule has 2 atom stereocenters. The molecule has 6 heteroatoms. The molecule has 1 heterocycles. The maximum atomic E-state index is 11.8. The summed E-state index contributed by atoms with van der Waals surface area (Å²) < 4.78 is 25.8. The molecule has 3 N–H and O–H groups in total. The first-order valence-electron chi connectivity index (χ1n) is 6.91. The number of hydrogen-bond acceptors (Lipinski definition) is 4. The van der Waals surface area contributed by atoms with Gasteiger partial charge in [0.15, 0.2) is 0 Å². The highest BCUT2D eigenvalue weighted by Crippen LogP contribution is 2.31. The van der Waals surface area contributed by atoms with Crippen molar-refractivity contribution < 1.29 is 8.42 Å². The Bertz CT molecular complexity index is 576. The summed E-state index contributed by atoms with van der Waals surface area (Å²) in [4.78, 5) is 2.46. The van der Waals surface area contributed by atoms with Crippen molar-refractivity contribution in [2.24, 2.45) is 11.8 Å². The number of benzene rings is 1. The molecule has 1 aliphatic heterocycles. The molecule has 0 spiro atoms. The van der Waals surface area contributed by atoms with Crippen LogP contribution in [0.25, 0.3) is 0 Å². The summed E-state index contributed by atoms with van der Waals surface area (Å²) in [5, 5.41) is 0. The van der Waals surface area contributed by atoms with Gasteiger partial charge in [0.1, 0.15) is 0 Å². The van der Waals surface area contributed by atoms with E-state index in [-0.39, 0.29) is 4.90 Å². The number of nitrogens with zero attached hydrogens (tertiary/aromatic N) is 1. The van der Waals surface area contributed by atoms with Crippen molar-refractivity contribution in [3.63, 3.8) is 0 Å². The minimum atomic E-state index is -3.44. The molecule has 1 aliphatic rings. The largest absolute Gasteiger partial charge is 0.397 e. The van der Waals surface area contributed by atoms with Crippen LogP contribution in [0.3, 0.4) is 0 Å². The summed E-state index contributed by atoms with van der Waals surface area (Å²) in [6, 6.07) is 4.96. The molecular weight excluding hydrogens is 274 g/mol. The second-order valence-corrected chi connectivity index (χ2v) is 7.67. The van der Waals surface area contributed by atoms with E-state index in [0.717, 1.165) is 18.8 Å². The molecule has 0 aliphatic carbocycles. The maximum absolute atomic E-state index is 11.8. The zero-order chi connectivity index (χ0) is 14.9. The number of nitrogen functional groups attached to an aromatic ring is 1. The molecule has 1 aromatic carbocycles. The van der Waals surface area contributed by atoms with Gasteiger partial charge < -0.3 is 10.6 Å². The average Bonchev–Trinajstić information content (AvgIpc) is 2.37. The van der Waals surface area contributed by atoms with E-state index in [1.165, 1.54) is 19.5 Å². The summed E-state index contributed by atoms with van der Waals surface area (Å²) in [6.07, 6.45) is 1.22. The fourth-order valence-electron chi connectivity index (χ4n) is 2.97. The van der Waals surface area contributed by atoms with Crippen LogP contribution in [0.15, 0.2) is 23.1 Å². The number of nitrogens with one attached hydrogen (secondary N) is 1. The molecule has 1 saturated heterocycles. The molecule has 0 saturated carbocycles. The summed E-state index contributed by atoms with van der Waals surface area (Å²) >= 11 is 0. The molecule has 0 radical (unpaired) electrons. The van der Waals surface area contributed by atoms with Gasteiger partial charge in [-0.25, -0.2) is 13.1 Å². The monoisotopic (exact) mass is 297 g/mol. The lowest BCUT2D eigenvalue weighted by atomic mass is 9.91. The highest BCUT2D eigenvalue weighted by atomic mass is 32.2. The van der Waals surface area contributed by atoms with E-state index in [1.807, 2.05) is 6.07 Å². The van der Waals surface area contributed by atoms with Crippen LogP contribution in [-0.2, 0) is 10.0 Å². The second-order valence-electron chi connectivity index (χ2n) is 5.78. The van der Waals surface area contributed by atoms with E-state index < -0.39 is 10.0 Å². The zero-order valence-electron chi connectivity index (χ0n) is 12.3. The molecule has 0 aromatic heterocycles. The predicted molar refractivity (Wildman–Crippen MR) is 82.3 cm³/mol. The lowest BCUT2D eigenvalue weighted by Crippen LogP contribution is -2.39. The molecule has 1 aromatic rings. The normalized spacial score (nSPS) is 23.9. The Morgan fingerprint density at radius 3 is 2.35 bits per heavy atom. The van der Waals surface area contributed by atoms with Gasteiger partial charge in [-0.05, 0) is 43.5 Å². The first-order valence-corrected chi connectivity index (χ1v) is 8.40. The van der Waals surface area contributed by atoms with Gasteiger partial charge in [0.25, 0.3) is 0 Å². The molecule has 2 unspecified atom stereocenters. The fraction of sp³-hybridized carbons (Fsp3) is 0.571. The average molecular weight is 297 g/mol. The van der Waals surface area contributed by atoms with E-state index in [0.29, 0.717) is 17.5 Å². The smallest absolute Gasteiger partial charge is 0.240 e. The van der Waals surface area contributed by atoms with Gasteiger partial charge in [-0.15, -0.1) is 0 Å². The predicted octanol–water partition coefficient (Wildman–Crippen LogP) is 1.66. The number of piperidine rings is 1. The van der Waals surface area contributed by atoms with Crippen LogP contribution in [0, 0.1) is 11.8 Å². The van der Waals surface area contributed by atoms with Gasteiger partial charge in [0.05, 0.1) is 16.3 Å². The van der Waals surface area contributed by atoms with Crippen LogP contribution < -0.4 is 15.4 Å². The zero-order valence-corrected chi connectivity index (χ0v) is 13.1. The molecule has 20 heavy (non-hydrogen) atoms. The minimum absolute atomic E-state index is 0.208.